The van der Waals surface area contributed by atoms with Crippen molar-refractivity contribution in [1.82, 2.24) is 4.90 Å². The number of amides is 2. The largest absolute Gasteiger partial charge is 0.275 e. The van der Waals surface area contributed by atoms with E-state index in [0.717, 1.165) is 12.8 Å². The zero-order valence-corrected chi connectivity index (χ0v) is 14.9. The van der Waals surface area contributed by atoms with Crippen LogP contribution in [0.3, 0.4) is 0 Å². The summed E-state index contributed by atoms with van der Waals surface area (Å²) in [5.74, 6) is -0.406. The lowest BCUT2D eigenvalue weighted by molar-refractivity contribution is -0.402. The molecule has 1 heterocycles. The first-order valence-electron chi connectivity index (χ1n) is 7.91. The van der Waals surface area contributed by atoms with Crippen molar-refractivity contribution in [3.05, 3.63) is 11.1 Å². The second kappa shape index (κ2) is 6.92. The average Bonchev–Trinajstić information content (AvgIpc) is 2.60. The van der Waals surface area contributed by atoms with E-state index in [1.807, 2.05) is 27.7 Å². The van der Waals surface area contributed by atoms with Crippen LogP contribution in [0.4, 0.5) is 0 Å². The molecule has 0 N–H and O–H groups in total. The number of hydrogen-bond acceptors (Lipinski definition) is 4. The molecule has 126 valence electrons. The van der Waals surface area contributed by atoms with E-state index in [2.05, 4.69) is 6.92 Å². The maximum atomic E-state index is 12.0. The van der Waals surface area contributed by atoms with Crippen molar-refractivity contribution in [1.29, 1.82) is 0 Å². The van der Waals surface area contributed by atoms with Crippen LogP contribution in [0.5, 0.6) is 0 Å². The molecule has 22 heavy (non-hydrogen) atoms. The zero-order valence-electron chi connectivity index (χ0n) is 14.9. The summed E-state index contributed by atoms with van der Waals surface area (Å²) in [6.07, 6.45) is 2.43. The summed E-state index contributed by atoms with van der Waals surface area (Å²) >= 11 is 0. The summed E-state index contributed by atoms with van der Waals surface area (Å²) in [4.78, 5) is 36.4. The first-order chi connectivity index (χ1) is 10.0. The number of carbonyl (C=O) groups excluding carboxylic acids is 2. The van der Waals surface area contributed by atoms with E-state index >= 15 is 0 Å². The van der Waals surface area contributed by atoms with Crippen molar-refractivity contribution in [2.45, 2.75) is 78.9 Å². The van der Waals surface area contributed by atoms with Gasteiger partial charge in [0.25, 0.3) is 11.8 Å². The van der Waals surface area contributed by atoms with Crippen molar-refractivity contribution in [3.63, 3.8) is 0 Å². The van der Waals surface area contributed by atoms with Gasteiger partial charge in [0, 0.05) is 17.7 Å². The van der Waals surface area contributed by atoms with Crippen LogP contribution in [0.15, 0.2) is 11.1 Å². The summed E-state index contributed by atoms with van der Waals surface area (Å²) in [5, 5.41) is 0. The van der Waals surface area contributed by atoms with Gasteiger partial charge in [0.1, 0.15) is 0 Å². The van der Waals surface area contributed by atoms with Crippen LogP contribution in [0.2, 0.25) is 0 Å². The highest BCUT2D eigenvalue weighted by molar-refractivity contribution is 6.18. The molecule has 5 heteroatoms. The average molecular weight is 311 g/mol. The maximum Gasteiger partial charge on any atom is 0.256 e. The van der Waals surface area contributed by atoms with Crippen LogP contribution >= 0.6 is 0 Å². The molecule has 0 radical (unpaired) electrons. The molecule has 0 unspecified atom stereocenters. The minimum absolute atomic E-state index is 0.203. The Kier molecular flexibility index (Phi) is 5.93. The molecule has 0 fully saturated rings. The molecule has 1 rings (SSSR count). The van der Waals surface area contributed by atoms with E-state index < -0.39 is 5.60 Å². The minimum atomic E-state index is -0.573. The molecule has 1 aliphatic heterocycles. The van der Waals surface area contributed by atoms with Crippen LogP contribution in [0.1, 0.15) is 67.7 Å². The number of imide groups is 1. The van der Waals surface area contributed by atoms with Crippen molar-refractivity contribution in [2.75, 3.05) is 6.54 Å². The molecular formula is C17H29NO4. The van der Waals surface area contributed by atoms with Gasteiger partial charge in [-0.2, -0.15) is 0 Å². The predicted octanol–water partition coefficient (Wildman–Crippen LogP) is 3.39. The second-order valence-electron chi connectivity index (χ2n) is 7.20. The Hall–Kier alpha value is -1.20. The lowest BCUT2D eigenvalue weighted by Crippen LogP contribution is -2.39. The Morgan fingerprint density at radius 2 is 1.27 bits per heavy atom. The van der Waals surface area contributed by atoms with Crippen molar-refractivity contribution in [2.24, 2.45) is 0 Å². The first-order valence-corrected chi connectivity index (χ1v) is 7.91. The number of carbonyl (C=O) groups is 2. The fourth-order valence-electron chi connectivity index (χ4n) is 2.31. The molecule has 0 atom stereocenters. The van der Waals surface area contributed by atoms with E-state index in [9.17, 15) is 9.59 Å². The van der Waals surface area contributed by atoms with Gasteiger partial charge in [-0.25, -0.2) is 9.78 Å². The van der Waals surface area contributed by atoms with E-state index in [4.69, 9.17) is 9.78 Å². The van der Waals surface area contributed by atoms with Gasteiger partial charge >= 0.3 is 0 Å². The van der Waals surface area contributed by atoms with Gasteiger partial charge in [-0.1, -0.05) is 13.3 Å². The molecular weight excluding hydrogens is 282 g/mol. The van der Waals surface area contributed by atoms with Crippen LogP contribution in [-0.2, 0) is 19.4 Å². The highest BCUT2D eigenvalue weighted by Gasteiger charge is 2.35. The summed E-state index contributed by atoms with van der Waals surface area (Å²) in [6.45, 7) is 13.6. The molecule has 0 aromatic rings. The van der Waals surface area contributed by atoms with Gasteiger partial charge in [0.2, 0.25) is 0 Å². The number of rotatable bonds is 8. The maximum absolute atomic E-state index is 12.0. The molecule has 0 saturated carbocycles. The normalized spacial score (nSPS) is 17.0. The molecule has 2 amide bonds. The van der Waals surface area contributed by atoms with Crippen LogP contribution < -0.4 is 0 Å². The molecule has 0 aromatic carbocycles. The monoisotopic (exact) mass is 311 g/mol. The Labute approximate surface area is 133 Å². The van der Waals surface area contributed by atoms with Crippen molar-refractivity contribution < 1.29 is 19.4 Å². The molecule has 0 saturated heterocycles. The van der Waals surface area contributed by atoms with E-state index in [-0.39, 0.29) is 17.4 Å². The van der Waals surface area contributed by atoms with Gasteiger partial charge in [-0.3, -0.25) is 14.5 Å². The van der Waals surface area contributed by atoms with Gasteiger partial charge in [0.05, 0.1) is 11.2 Å². The third-order valence-corrected chi connectivity index (χ3v) is 3.98. The third-order valence-electron chi connectivity index (χ3n) is 3.98. The Morgan fingerprint density at radius 1 is 0.864 bits per heavy atom. The van der Waals surface area contributed by atoms with E-state index in [0.29, 0.717) is 24.1 Å². The SMILES string of the molecule is CCCC(C)(C)OOC(C)(C)CCN1C(=O)C(C)=C(C)C1=O. The van der Waals surface area contributed by atoms with Gasteiger partial charge in [-0.15, -0.1) is 0 Å². The smallest absolute Gasteiger partial charge is 0.256 e. The molecule has 0 aliphatic carbocycles. The lowest BCUT2D eigenvalue weighted by atomic mass is 10.0. The van der Waals surface area contributed by atoms with Gasteiger partial charge in [-0.05, 0) is 54.4 Å². The highest BCUT2D eigenvalue weighted by atomic mass is 17.2. The van der Waals surface area contributed by atoms with Crippen molar-refractivity contribution >= 4 is 11.8 Å². The fraction of sp³-hybridized carbons (Fsp3) is 0.765. The standard InChI is InChI=1S/C17H29NO4/c1-8-9-16(4,5)21-22-17(6,7)10-11-18-14(19)12(2)13(3)15(18)20/h8-11H2,1-7H3. The molecule has 0 bridgehead atoms. The summed E-state index contributed by atoms with van der Waals surface area (Å²) < 4.78 is 0. The molecule has 0 spiro atoms. The predicted molar refractivity (Wildman–Crippen MR) is 84.9 cm³/mol. The van der Waals surface area contributed by atoms with Crippen LogP contribution in [0.25, 0.3) is 0 Å². The van der Waals surface area contributed by atoms with E-state index in [1.165, 1.54) is 4.90 Å². The second-order valence-corrected chi connectivity index (χ2v) is 7.20. The van der Waals surface area contributed by atoms with Crippen molar-refractivity contribution in [3.8, 4) is 0 Å². The lowest BCUT2D eigenvalue weighted by Gasteiger charge is -2.31. The minimum Gasteiger partial charge on any atom is -0.275 e. The quantitative estimate of drug-likeness (QED) is 0.392. The van der Waals surface area contributed by atoms with Crippen LogP contribution in [0, 0.1) is 0 Å². The van der Waals surface area contributed by atoms with Gasteiger partial charge in [0.15, 0.2) is 0 Å². The number of hydrogen-bond donors (Lipinski definition) is 0. The first kappa shape index (κ1) is 18.8. The topological polar surface area (TPSA) is 55.8 Å². The zero-order chi connectivity index (χ0) is 17.1. The fourth-order valence-corrected chi connectivity index (χ4v) is 2.31. The molecule has 5 nitrogen and oxygen atoms in total. The highest BCUT2D eigenvalue weighted by Crippen LogP contribution is 2.25. The Morgan fingerprint density at radius 3 is 1.68 bits per heavy atom. The number of nitrogens with zero attached hydrogens (tertiary/aromatic N) is 1. The van der Waals surface area contributed by atoms with E-state index in [1.54, 1.807) is 13.8 Å². The Bertz CT molecular complexity index is 453. The van der Waals surface area contributed by atoms with Crippen LogP contribution in [-0.4, -0.2) is 34.5 Å². The molecule has 0 aromatic heterocycles. The summed E-state index contributed by atoms with van der Waals surface area (Å²) in [6, 6.07) is 0. The third kappa shape index (κ3) is 4.65. The summed E-state index contributed by atoms with van der Waals surface area (Å²) in [5.41, 5.74) is 0.142. The molecule has 1 aliphatic rings. The Balaban J connectivity index is 2.53. The summed E-state index contributed by atoms with van der Waals surface area (Å²) in [7, 11) is 0. The van der Waals surface area contributed by atoms with Gasteiger partial charge < -0.3 is 0 Å².